The number of anilines is 1. The molecule has 1 fully saturated rings. The first-order chi connectivity index (χ1) is 15.6. The van der Waals surface area contributed by atoms with Gasteiger partial charge in [-0.05, 0) is 31.2 Å². The Balaban J connectivity index is 1.65. The molecule has 7 heteroatoms. The van der Waals surface area contributed by atoms with E-state index in [1.165, 1.54) is 0 Å². The number of nitrogens with two attached hydrogens (primary N) is 1. The van der Waals surface area contributed by atoms with Crippen molar-refractivity contribution in [3.05, 3.63) is 77.1 Å². The van der Waals surface area contributed by atoms with Crippen LogP contribution in [0.1, 0.15) is 24.1 Å². The van der Waals surface area contributed by atoms with Crippen LogP contribution in [0.2, 0.25) is 0 Å². The molecule has 5 rings (SSSR count). The summed E-state index contributed by atoms with van der Waals surface area (Å²) in [6.45, 7) is 8.58. The predicted octanol–water partition coefficient (Wildman–Crippen LogP) is 3.22. The van der Waals surface area contributed by atoms with E-state index in [-0.39, 0.29) is 11.6 Å². The Kier molecular flexibility index (Phi) is 5.27. The van der Waals surface area contributed by atoms with Gasteiger partial charge in [-0.2, -0.15) is 0 Å². The van der Waals surface area contributed by atoms with Crippen molar-refractivity contribution in [3.8, 4) is 0 Å². The SMILES string of the molecule is C=CCn1c(N2CCC[C@H](N)C2)c(C)c2ncn(Cc3nccc4ccccc34)c(=O)c21. The van der Waals surface area contributed by atoms with Crippen LogP contribution in [0.5, 0.6) is 0 Å². The van der Waals surface area contributed by atoms with E-state index >= 15 is 0 Å². The summed E-state index contributed by atoms with van der Waals surface area (Å²) in [7, 11) is 0. The van der Waals surface area contributed by atoms with Crippen LogP contribution in [0.25, 0.3) is 21.8 Å². The smallest absolute Gasteiger partial charge is 0.278 e. The minimum absolute atomic E-state index is 0.0674. The first-order valence-corrected chi connectivity index (χ1v) is 11.1. The number of piperidine rings is 1. The molecule has 4 aromatic rings. The maximum absolute atomic E-state index is 13.7. The molecule has 0 bridgehead atoms. The van der Waals surface area contributed by atoms with Gasteiger partial charge in [0, 0.05) is 42.8 Å². The van der Waals surface area contributed by atoms with Gasteiger partial charge in [0.05, 0.1) is 18.6 Å². The number of nitrogens with zero attached hydrogens (tertiary/aromatic N) is 5. The molecule has 0 spiro atoms. The lowest BCUT2D eigenvalue weighted by Gasteiger charge is -2.33. The number of fused-ring (bicyclic) bond motifs is 2. The maximum atomic E-state index is 13.7. The van der Waals surface area contributed by atoms with E-state index in [1.807, 2.05) is 37.3 Å². The monoisotopic (exact) mass is 428 g/mol. The summed E-state index contributed by atoms with van der Waals surface area (Å²) >= 11 is 0. The molecule has 32 heavy (non-hydrogen) atoms. The van der Waals surface area contributed by atoms with E-state index in [0.29, 0.717) is 18.6 Å². The average molecular weight is 429 g/mol. The third kappa shape index (κ3) is 3.39. The van der Waals surface area contributed by atoms with Crippen LogP contribution >= 0.6 is 0 Å². The summed E-state index contributed by atoms with van der Waals surface area (Å²) in [6.07, 6.45) is 7.33. The highest BCUT2D eigenvalue weighted by atomic mass is 16.1. The van der Waals surface area contributed by atoms with Crippen molar-refractivity contribution in [2.24, 2.45) is 5.73 Å². The van der Waals surface area contributed by atoms with Crippen LogP contribution in [0.4, 0.5) is 5.82 Å². The number of rotatable bonds is 5. The summed E-state index contributed by atoms with van der Waals surface area (Å²) in [5, 5.41) is 2.15. The molecule has 0 saturated carbocycles. The van der Waals surface area contributed by atoms with Gasteiger partial charge in [0.15, 0.2) is 0 Å². The van der Waals surface area contributed by atoms with Gasteiger partial charge >= 0.3 is 0 Å². The fraction of sp³-hybridized carbons (Fsp3) is 0.320. The van der Waals surface area contributed by atoms with Gasteiger partial charge in [-0.1, -0.05) is 30.3 Å². The predicted molar refractivity (Wildman–Crippen MR) is 129 cm³/mol. The standard InChI is InChI=1S/C25H28N6O/c1-3-12-31-23-22(17(2)24(31)29-13-6-8-19(26)14-29)28-16-30(25(23)32)15-21-20-9-5-4-7-18(20)10-11-27-21/h3-5,7,9-11,16,19H,1,6,8,12-15,26H2,2H3/t19-/m0/s1. The lowest BCUT2D eigenvalue weighted by Crippen LogP contribution is -2.44. The van der Waals surface area contributed by atoms with Gasteiger partial charge in [0.1, 0.15) is 16.9 Å². The van der Waals surface area contributed by atoms with Crippen molar-refractivity contribution < 1.29 is 0 Å². The quantitative estimate of drug-likeness (QED) is 0.494. The average Bonchev–Trinajstić information content (AvgIpc) is 3.08. The molecule has 1 aliphatic heterocycles. The number of benzene rings is 1. The second-order valence-electron chi connectivity index (χ2n) is 8.55. The summed E-state index contributed by atoms with van der Waals surface area (Å²) in [4.78, 5) is 25.2. The van der Waals surface area contributed by atoms with E-state index in [1.54, 1.807) is 17.1 Å². The van der Waals surface area contributed by atoms with Crippen molar-refractivity contribution in [3.63, 3.8) is 0 Å². The molecule has 4 heterocycles. The number of hydrogen-bond acceptors (Lipinski definition) is 5. The van der Waals surface area contributed by atoms with Crippen LogP contribution in [0.3, 0.4) is 0 Å². The number of aromatic nitrogens is 4. The van der Waals surface area contributed by atoms with Crippen molar-refractivity contribution in [1.29, 1.82) is 0 Å². The summed E-state index contributed by atoms with van der Waals surface area (Å²) in [5.74, 6) is 1.03. The van der Waals surface area contributed by atoms with Crippen LogP contribution < -0.4 is 16.2 Å². The zero-order valence-electron chi connectivity index (χ0n) is 18.4. The van der Waals surface area contributed by atoms with Gasteiger partial charge in [-0.25, -0.2) is 4.98 Å². The minimum Gasteiger partial charge on any atom is -0.356 e. The van der Waals surface area contributed by atoms with Gasteiger partial charge in [0.25, 0.3) is 5.56 Å². The van der Waals surface area contributed by atoms with Crippen molar-refractivity contribution >= 4 is 27.6 Å². The largest absolute Gasteiger partial charge is 0.356 e. The molecular weight excluding hydrogens is 400 g/mol. The van der Waals surface area contributed by atoms with Gasteiger partial charge < -0.3 is 15.2 Å². The summed E-state index contributed by atoms with van der Waals surface area (Å²) < 4.78 is 3.71. The van der Waals surface area contributed by atoms with Crippen molar-refractivity contribution in [2.75, 3.05) is 18.0 Å². The lowest BCUT2D eigenvalue weighted by molar-refractivity contribution is 0.498. The molecule has 164 valence electrons. The molecule has 1 saturated heterocycles. The van der Waals surface area contributed by atoms with Crippen LogP contribution in [0, 0.1) is 6.92 Å². The molecule has 7 nitrogen and oxygen atoms in total. The van der Waals surface area contributed by atoms with Gasteiger partial charge in [0.2, 0.25) is 0 Å². The molecule has 0 radical (unpaired) electrons. The molecule has 0 aliphatic carbocycles. The number of aryl methyl sites for hydroxylation is 1. The number of hydrogen-bond donors (Lipinski definition) is 1. The first kappa shape index (κ1) is 20.5. The fourth-order valence-corrected chi connectivity index (χ4v) is 4.91. The molecule has 0 unspecified atom stereocenters. The number of allylic oxidation sites excluding steroid dienone is 1. The molecule has 1 aliphatic rings. The fourth-order valence-electron chi connectivity index (χ4n) is 4.91. The van der Waals surface area contributed by atoms with Crippen LogP contribution in [-0.2, 0) is 13.1 Å². The highest BCUT2D eigenvalue weighted by molar-refractivity contribution is 5.86. The van der Waals surface area contributed by atoms with Gasteiger partial charge in [-0.3, -0.25) is 14.3 Å². The Labute approximate surface area is 186 Å². The van der Waals surface area contributed by atoms with Crippen molar-refractivity contribution in [1.82, 2.24) is 19.1 Å². The van der Waals surface area contributed by atoms with Crippen LogP contribution in [0.15, 0.2) is 60.3 Å². The Morgan fingerprint density at radius 2 is 2.09 bits per heavy atom. The first-order valence-electron chi connectivity index (χ1n) is 11.1. The zero-order valence-corrected chi connectivity index (χ0v) is 18.4. The molecule has 1 atom stereocenters. The third-order valence-electron chi connectivity index (χ3n) is 6.38. The highest BCUT2D eigenvalue weighted by Crippen LogP contribution is 2.31. The van der Waals surface area contributed by atoms with E-state index in [2.05, 4.69) is 27.1 Å². The highest BCUT2D eigenvalue weighted by Gasteiger charge is 2.26. The second-order valence-corrected chi connectivity index (χ2v) is 8.55. The second kappa shape index (κ2) is 8.24. The third-order valence-corrected chi connectivity index (χ3v) is 6.38. The lowest BCUT2D eigenvalue weighted by atomic mass is 10.1. The Hall–Kier alpha value is -3.45. The Morgan fingerprint density at radius 1 is 1.25 bits per heavy atom. The molecule has 1 aromatic carbocycles. The number of pyridine rings is 1. The summed E-state index contributed by atoms with van der Waals surface area (Å²) in [5.41, 5.74) is 9.41. The van der Waals surface area contributed by atoms with E-state index in [0.717, 1.165) is 59.3 Å². The minimum atomic E-state index is -0.0674. The molecule has 2 N–H and O–H groups in total. The van der Waals surface area contributed by atoms with Gasteiger partial charge in [-0.15, -0.1) is 6.58 Å². The van der Waals surface area contributed by atoms with E-state index < -0.39 is 0 Å². The topological polar surface area (TPSA) is 82.0 Å². The van der Waals surface area contributed by atoms with Crippen molar-refractivity contribution in [2.45, 2.75) is 38.9 Å². The Bertz CT molecular complexity index is 1360. The molecule has 0 amide bonds. The molecular formula is C25H28N6O. The Morgan fingerprint density at radius 3 is 2.91 bits per heavy atom. The maximum Gasteiger partial charge on any atom is 0.278 e. The molecule has 3 aromatic heterocycles. The summed E-state index contributed by atoms with van der Waals surface area (Å²) in [6, 6.07) is 10.2. The zero-order chi connectivity index (χ0) is 22.2. The van der Waals surface area contributed by atoms with Crippen LogP contribution in [-0.4, -0.2) is 38.2 Å². The van der Waals surface area contributed by atoms with E-state index in [9.17, 15) is 4.79 Å². The van der Waals surface area contributed by atoms with E-state index in [4.69, 9.17) is 10.7 Å². The normalized spacial score (nSPS) is 16.7.